The van der Waals surface area contributed by atoms with Crippen molar-refractivity contribution in [2.75, 3.05) is 6.54 Å². The number of aryl methyl sites for hydroxylation is 1. The highest BCUT2D eigenvalue weighted by atomic mass is 35.5. The molecule has 3 heterocycles. The second kappa shape index (κ2) is 5.89. The van der Waals surface area contributed by atoms with Crippen LogP contribution >= 0.6 is 11.6 Å². The topological polar surface area (TPSA) is 87.1 Å². The molecular weight excluding hydrogens is 328 g/mol. The number of nitrogens with zero attached hydrogens (tertiary/aromatic N) is 3. The van der Waals surface area contributed by atoms with E-state index in [2.05, 4.69) is 15.1 Å². The van der Waals surface area contributed by atoms with Crippen molar-refractivity contribution in [3.63, 3.8) is 0 Å². The molecule has 0 saturated carbocycles. The number of nitrogens with two attached hydrogens (primary N) is 1. The Morgan fingerprint density at radius 2 is 2.21 bits per heavy atom. The Morgan fingerprint density at radius 3 is 2.88 bits per heavy atom. The predicted molar refractivity (Wildman–Crippen MR) is 89.9 cm³/mol. The molecule has 1 unspecified atom stereocenters. The molecule has 0 spiro atoms. The molecule has 1 aromatic carbocycles. The van der Waals surface area contributed by atoms with Crippen molar-refractivity contribution in [2.45, 2.75) is 19.4 Å². The molecule has 4 rings (SSSR count). The minimum absolute atomic E-state index is 0.0159. The first-order chi connectivity index (χ1) is 11.6. The lowest BCUT2D eigenvalue weighted by Crippen LogP contribution is -2.24. The number of aromatic nitrogens is 3. The van der Waals surface area contributed by atoms with Crippen LogP contribution in [0.5, 0.6) is 5.75 Å². The zero-order valence-corrected chi connectivity index (χ0v) is 13.7. The number of pyridine rings is 1. The summed E-state index contributed by atoms with van der Waals surface area (Å²) >= 11 is 6.25. The van der Waals surface area contributed by atoms with E-state index >= 15 is 0 Å². The van der Waals surface area contributed by atoms with Gasteiger partial charge in [0, 0.05) is 35.3 Å². The molecule has 0 fully saturated rings. The van der Waals surface area contributed by atoms with Gasteiger partial charge in [0.25, 0.3) is 5.89 Å². The number of hydrogen-bond donors (Lipinski definition) is 1. The summed E-state index contributed by atoms with van der Waals surface area (Å²) in [5.74, 6) is 1.84. The van der Waals surface area contributed by atoms with Crippen LogP contribution in [0.15, 0.2) is 35.0 Å². The van der Waals surface area contributed by atoms with E-state index in [1.807, 2.05) is 24.3 Å². The van der Waals surface area contributed by atoms with Crippen molar-refractivity contribution in [3.05, 3.63) is 46.9 Å². The minimum atomic E-state index is -0.0159. The van der Waals surface area contributed by atoms with Crippen LogP contribution in [0.3, 0.4) is 0 Å². The third-order valence-electron chi connectivity index (χ3n) is 3.94. The number of ether oxygens (including phenoxy) is 1. The first-order valence-corrected chi connectivity index (χ1v) is 7.98. The lowest BCUT2D eigenvalue weighted by atomic mass is 10.0. The summed E-state index contributed by atoms with van der Waals surface area (Å²) in [4.78, 5) is 8.71. The summed E-state index contributed by atoms with van der Waals surface area (Å²) in [7, 11) is 0. The molecule has 122 valence electrons. The molecule has 0 saturated heterocycles. The first kappa shape index (κ1) is 15.1. The van der Waals surface area contributed by atoms with Crippen molar-refractivity contribution >= 4 is 11.6 Å². The van der Waals surface area contributed by atoms with Gasteiger partial charge in [-0.25, -0.2) is 0 Å². The Kier molecular flexibility index (Phi) is 3.70. The Bertz CT molecular complexity index is 892. The number of benzene rings is 1. The van der Waals surface area contributed by atoms with E-state index < -0.39 is 0 Å². The molecule has 1 atom stereocenters. The van der Waals surface area contributed by atoms with Crippen molar-refractivity contribution in [1.29, 1.82) is 0 Å². The van der Waals surface area contributed by atoms with Gasteiger partial charge in [0.1, 0.15) is 11.9 Å². The fourth-order valence-corrected chi connectivity index (χ4v) is 3.05. The summed E-state index contributed by atoms with van der Waals surface area (Å²) < 4.78 is 11.1. The summed E-state index contributed by atoms with van der Waals surface area (Å²) in [6, 6.07) is 7.56. The van der Waals surface area contributed by atoms with Crippen LogP contribution in [0.4, 0.5) is 0 Å². The van der Waals surface area contributed by atoms with E-state index in [-0.39, 0.29) is 6.10 Å². The molecule has 2 aromatic heterocycles. The maximum atomic E-state index is 6.25. The number of rotatable bonds is 3. The monoisotopic (exact) mass is 342 g/mol. The highest BCUT2D eigenvalue weighted by Crippen LogP contribution is 2.40. The maximum Gasteiger partial charge on any atom is 0.259 e. The van der Waals surface area contributed by atoms with E-state index in [1.165, 1.54) is 0 Å². The van der Waals surface area contributed by atoms with Crippen molar-refractivity contribution in [2.24, 2.45) is 5.73 Å². The Balaban J connectivity index is 1.72. The average Bonchev–Trinajstić information content (AvgIpc) is 3.20. The molecular formula is C17H15ClN4O2. The lowest BCUT2D eigenvalue weighted by Gasteiger charge is -2.11. The van der Waals surface area contributed by atoms with Crippen LogP contribution in [-0.4, -0.2) is 27.8 Å². The largest absolute Gasteiger partial charge is 0.488 e. The smallest absolute Gasteiger partial charge is 0.259 e. The van der Waals surface area contributed by atoms with Crippen molar-refractivity contribution in [3.8, 4) is 28.5 Å². The van der Waals surface area contributed by atoms with Gasteiger partial charge in [-0.1, -0.05) is 16.8 Å². The molecule has 6 nitrogen and oxygen atoms in total. The third kappa shape index (κ3) is 2.64. The van der Waals surface area contributed by atoms with Gasteiger partial charge in [0.2, 0.25) is 0 Å². The van der Waals surface area contributed by atoms with Crippen molar-refractivity contribution < 1.29 is 9.26 Å². The van der Waals surface area contributed by atoms with Crippen LogP contribution in [0.1, 0.15) is 11.4 Å². The third-order valence-corrected chi connectivity index (χ3v) is 4.16. The highest BCUT2D eigenvalue weighted by Gasteiger charge is 2.26. The Labute approximate surface area is 143 Å². The number of fused-ring (bicyclic) bond motifs is 1. The van der Waals surface area contributed by atoms with Crippen molar-refractivity contribution in [1.82, 2.24) is 15.1 Å². The maximum absolute atomic E-state index is 6.25. The molecule has 0 radical (unpaired) electrons. The molecule has 1 aliphatic rings. The van der Waals surface area contributed by atoms with Crippen LogP contribution in [0.25, 0.3) is 22.7 Å². The van der Waals surface area contributed by atoms with E-state index in [0.29, 0.717) is 23.3 Å². The molecule has 1 aliphatic heterocycles. The molecule has 7 heteroatoms. The zero-order chi connectivity index (χ0) is 16.7. The fourth-order valence-electron chi connectivity index (χ4n) is 2.81. The molecule has 0 aliphatic carbocycles. The van der Waals surface area contributed by atoms with Crippen LogP contribution < -0.4 is 10.5 Å². The molecule has 24 heavy (non-hydrogen) atoms. The number of halogens is 1. The summed E-state index contributed by atoms with van der Waals surface area (Å²) in [5.41, 5.74) is 9.19. The second-order valence-electron chi connectivity index (χ2n) is 5.70. The molecule has 0 amide bonds. The predicted octanol–water partition coefficient (Wildman–Crippen LogP) is 3.02. The van der Waals surface area contributed by atoms with E-state index in [4.69, 9.17) is 26.6 Å². The van der Waals surface area contributed by atoms with Gasteiger partial charge < -0.3 is 15.0 Å². The van der Waals surface area contributed by atoms with Gasteiger partial charge in [-0.05, 0) is 31.2 Å². The minimum Gasteiger partial charge on any atom is -0.488 e. The van der Waals surface area contributed by atoms with Crippen LogP contribution in [-0.2, 0) is 6.42 Å². The van der Waals surface area contributed by atoms with Gasteiger partial charge >= 0.3 is 0 Å². The van der Waals surface area contributed by atoms with Gasteiger partial charge in [0.15, 0.2) is 5.82 Å². The van der Waals surface area contributed by atoms with E-state index in [1.54, 1.807) is 13.1 Å². The van der Waals surface area contributed by atoms with E-state index in [9.17, 15) is 0 Å². The highest BCUT2D eigenvalue weighted by molar-refractivity contribution is 6.31. The second-order valence-corrected chi connectivity index (χ2v) is 6.14. The molecule has 3 aromatic rings. The number of hydrogen-bond acceptors (Lipinski definition) is 6. The van der Waals surface area contributed by atoms with Gasteiger partial charge in [-0.15, -0.1) is 0 Å². The molecule has 2 N–H and O–H groups in total. The van der Waals surface area contributed by atoms with Gasteiger partial charge in [0.05, 0.1) is 11.3 Å². The lowest BCUT2D eigenvalue weighted by molar-refractivity contribution is 0.242. The van der Waals surface area contributed by atoms with Crippen LogP contribution in [0.2, 0.25) is 5.02 Å². The zero-order valence-electron chi connectivity index (χ0n) is 13.0. The average molecular weight is 343 g/mol. The fraction of sp³-hybridized carbons (Fsp3) is 0.235. The SMILES string of the molecule is Cc1noc(-c2ccc(-c3cc(Cl)cc4c3OC(CN)C4)nc2)n1. The van der Waals surface area contributed by atoms with E-state index in [0.717, 1.165) is 34.6 Å². The Morgan fingerprint density at radius 1 is 1.33 bits per heavy atom. The van der Waals surface area contributed by atoms with Gasteiger partial charge in [-0.3, -0.25) is 4.98 Å². The van der Waals surface area contributed by atoms with Crippen LogP contribution in [0, 0.1) is 6.92 Å². The van der Waals surface area contributed by atoms with Gasteiger partial charge in [-0.2, -0.15) is 4.98 Å². The molecule has 0 bridgehead atoms. The summed E-state index contributed by atoms with van der Waals surface area (Å²) in [6.07, 6.45) is 2.45. The normalized spacial score (nSPS) is 16.0. The Hall–Kier alpha value is -2.44. The standard InChI is InChI=1S/C17H15ClN4O2/c1-9-21-17(24-22-9)10-2-3-15(20-8-10)14-6-12(18)4-11-5-13(7-19)23-16(11)14/h2-4,6,8,13H,5,7,19H2,1H3. The first-order valence-electron chi connectivity index (χ1n) is 7.60. The summed E-state index contributed by atoms with van der Waals surface area (Å²) in [6.45, 7) is 2.24. The summed E-state index contributed by atoms with van der Waals surface area (Å²) in [5, 5.41) is 4.44. The quantitative estimate of drug-likeness (QED) is 0.787.